The number of imidazole rings is 1. The molecule has 1 amide bonds. The number of benzene rings is 1. The van der Waals surface area contributed by atoms with Gasteiger partial charge in [-0.1, -0.05) is 18.2 Å². The molecule has 0 aliphatic carbocycles. The average Bonchev–Trinajstić information content (AvgIpc) is 2.98. The van der Waals surface area contributed by atoms with Gasteiger partial charge in [0.15, 0.2) is 0 Å². The first-order valence-corrected chi connectivity index (χ1v) is 8.86. The number of rotatable bonds is 3. The molecule has 5 nitrogen and oxygen atoms in total. The van der Waals surface area contributed by atoms with Gasteiger partial charge in [-0.25, -0.2) is 4.98 Å². The molecule has 1 aromatic carbocycles. The summed E-state index contributed by atoms with van der Waals surface area (Å²) in [4.78, 5) is 24.1. The van der Waals surface area contributed by atoms with Gasteiger partial charge < -0.3 is 9.47 Å². The summed E-state index contributed by atoms with van der Waals surface area (Å²) in [5.41, 5.74) is 2.94. The molecule has 0 saturated carbocycles. The van der Waals surface area contributed by atoms with Crippen LogP contribution in [0, 0.1) is 6.92 Å². The topological polar surface area (TPSA) is 51.0 Å². The number of nitrogens with zero attached hydrogens (tertiary/aromatic N) is 4. The van der Waals surface area contributed by atoms with Crippen LogP contribution in [0.15, 0.2) is 48.7 Å². The van der Waals surface area contributed by atoms with E-state index in [0.717, 1.165) is 48.4 Å². The molecule has 0 bridgehead atoms. The fourth-order valence-electron chi connectivity index (χ4n) is 3.73. The minimum Gasteiger partial charge on any atom is -0.333 e. The third-order valence-electron chi connectivity index (χ3n) is 4.99. The van der Waals surface area contributed by atoms with Gasteiger partial charge in [0.1, 0.15) is 12.4 Å². The Bertz CT molecular complexity index is 887. The molecule has 25 heavy (non-hydrogen) atoms. The summed E-state index contributed by atoms with van der Waals surface area (Å²) in [6, 6.07) is 14.0. The minimum absolute atomic E-state index is 0.0811. The first-order valence-electron chi connectivity index (χ1n) is 8.86. The van der Waals surface area contributed by atoms with E-state index in [1.807, 2.05) is 58.9 Å². The Morgan fingerprint density at radius 1 is 1.16 bits per heavy atom. The number of aryl methyl sites for hydroxylation is 1. The van der Waals surface area contributed by atoms with Crippen LogP contribution in [0.2, 0.25) is 0 Å². The van der Waals surface area contributed by atoms with Crippen LogP contribution >= 0.6 is 0 Å². The SMILES string of the molecule is Cc1nc2ccccc2n1CC(=O)N1CCCC[C@H]1c1ccccn1. The van der Waals surface area contributed by atoms with Gasteiger partial charge in [0, 0.05) is 12.7 Å². The van der Waals surface area contributed by atoms with Crippen LogP contribution in [0.25, 0.3) is 11.0 Å². The monoisotopic (exact) mass is 334 g/mol. The number of pyridine rings is 1. The Balaban J connectivity index is 1.61. The van der Waals surface area contributed by atoms with Crippen LogP contribution in [0.4, 0.5) is 0 Å². The molecule has 1 atom stereocenters. The molecule has 0 unspecified atom stereocenters. The Morgan fingerprint density at radius 2 is 2.00 bits per heavy atom. The number of hydrogen-bond donors (Lipinski definition) is 0. The van der Waals surface area contributed by atoms with E-state index in [1.165, 1.54) is 0 Å². The highest BCUT2D eigenvalue weighted by Crippen LogP contribution is 2.30. The summed E-state index contributed by atoms with van der Waals surface area (Å²) in [6.07, 6.45) is 4.98. The van der Waals surface area contributed by atoms with E-state index in [-0.39, 0.29) is 11.9 Å². The molecule has 0 radical (unpaired) electrons. The molecule has 1 saturated heterocycles. The van der Waals surface area contributed by atoms with E-state index < -0.39 is 0 Å². The van der Waals surface area contributed by atoms with Crippen molar-refractivity contribution in [3.63, 3.8) is 0 Å². The highest BCUT2D eigenvalue weighted by atomic mass is 16.2. The van der Waals surface area contributed by atoms with E-state index in [2.05, 4.69) is 9.97 Å². The maximum atomic E-state index is 13.1. The maximum absolute atomic E-state index is 13.1. The van der Waals surface area contributed by atoms with Crippen LogP contribution in [0.5, 0.6) is 0 Å². The lowest BCUT2D eigenvalue weighted by molar-refractivity contribution is -0.135. The van der Waals surface area contributed by atoms with Crippen molar-refractivity contribution >= 4 is 16.9 Å². The van der Waals surface area contributed by atoms with Gasteiger partial charge in [0.2, 0.25) is 5.91 Å². The van der Waals surface area contributed by atoms with Crippen LogP contribution in [-0.2, 0) is 11.3 Å². The molecule has 128 valence electrons. The van der Waals surface area contributed by atoms with Crippen molar-refractivity contribution < 1.29 is 4.79 Å². The summed E-state index contributed by atoms with van der Waals surface area (Å²) in [5, 5.41) is 0. The second-order valence-corrected chi connectivity index (χ2v) is 6.59. The van der Waals surface area contributed by atoms with E-state index in [4.69, 9.17) is 0 Å². The Morgan fingerprint density at radius 3 is 2.84 bits per heavy atom. The molecule has 3 aromatic rings. The number of fused-ring (bicyclic) bond motifs is 1. The number of piperidine rings is 1. The van der Waals surface area contributed by atoms with E-state index >= 15 is 0 Å². The molecular weight excluding hydrogens is 312 g/mol. The standard InChI is InChI=1S/C20H22N4O/c1-15-22-17-9-2-3-10-19(17)24(15)14-20(25)23-13-7-5-11-18(23)16-8-4-6-12-21-16/h2-4,6,8-10,12,18H,5,7,11,13-14H2,1H3/t18-/m0/s1. The lowest BCUT2D eigenvalue weighted by atomic mass is 9.98. The van der Waals surface area contributed by atoms with Gasteiger partial charge in [-0.05, 0) is 50.5 Å². The van der Waals surface area contributed by atoms with Crippen LogP contribution in [0.3, 0.4) is 0 Å². The second kappa shape index (κ2) is 6.67. The summed E-state index contributed by atoms with van der Waals surface area (Å²) in [5.74, 6) is 1.02. The van der Waals surface area contributed by atoms with Crippen molar-refractivity contribution in [2.75, 3.05) is 6.54 Å². The lowest BCUT2D eigenvalue weighted by Crippen LogP contribution is -2.40. The Labute approximate surface area is 147 Å². The van der Waals surface area contributed by atoms with E-state index in [0.29, 0.717) is 6.54 Å². The summed E-state index contributed by atoms with van der Waals surface area (Å²) < 4.78 is 2.02. The number of hydrogen-bond acceptors (Lipinski definition) is 3. The van der Waals surface area contributed by atoms with Crippen molar-refractivity contribution in [2.24, 2.45) is 0 Å². The van der Waals surface area contributed by atoms with Crippen molar-refractivity contribution in [3.8, 4) is 0 Å². The molecule has 5 heteroatoms. The maximum Gasteiger partial charge on any atom is 0.243 e. The van der Waals surface area contributed by atoms with E-state index in [9.17, 15) is 4.79 Å². The normalized spacial score (nSPS) is 17.8. The second-order valence-electron chi connectivity index (χ2n) is 6.59. The van der Waals surface area contributed by atoms with Gasteiger partial charge in [-0.2, -0.15) is 0 Å². The third kappa shape index (κ3) is 3.02. The molecule has 3 heterocycles. The molecule has 1 aliphatic heterocycles. The molecule has 0 N–H and O–H groups in total. The highest BCUT2D eigenvalue weighted by molar-refractivity contribution is 5.81. The summed E-state index contributed by atoms with van der Waals surface area (Å²) >= 11 is 0. The molecule has 0 spiro atoms. The predicted octanol–water partition coefficient (Wildman–Crippen LogP) is 3.49. The van der Waals surface area contributed by atoms with Crippen molar-refractivity contribution in [2.45, 2.75) is 38.8 Å². The average molecular weight is 334 g/mol. The highest BCUT2D eigenvalue weighted by Gasteiger charge is 2.29. The van der Waals surface area contributed by atoms with Crippen LogP contribution in [-0.4, -0.2) is 31.9 Å². The molecule has 4 rings (SSSR count). The number of amides is 1. The van der Waals surface area contributed by atoms with Crippen molar-refractivity contribution in [3.05, 3.63) is 60.2 Å². The number of likely N-dealkylation sites (tertiary alicyclic amines) is 1. The molecular formula is C20H22N4O. The summed E-state index contributed by atoms with van der Waals surface area (Å²) in [6.45, 7) is 3.08. The zero-order valence-corrected chi connectivity index (χ0v) is 14.4. The Kier molecular flexibility index (Phi) is 4.22. The minimum atomic E-state index is 0.0811. The molecule has 1 fully saturated rings. The zero-order valence-electron chi connectivity index (χ0n) is 14.4. The van der Waals surface area contributed by atoms with E-state index in [1.54, 1.807) is 6.20 Å². The predicted molar refractivity (Wildman–Crippen MR) is 97.0 cm³/mol. The number of aromatic nitrogens is 3. The first-order chi connectivity index (χ1) is 12.2. The molecule has 1 aliphatic rings. The quantitative estimate of drug-likeness (QED) is 0.737. The smallest absolute Gasteiger partial charge is 0.243 e. The number of carbonyl (C=O) groups is 1. The number of carbonyl (C=O) groups excluding carboxylic acids is 1. The summed E-state index contributed by atoms with van der Waals surface area (Å²) in [7, 11) is 0. The van der Waals surface area contributed by atoms with Gasteiger partial charge in [-0.3, -0.25) is 9.78 Å². The fraction of sp³-hybridized carbons (Fsp3) is 0.350. The van der Waals surface area contributed by atoms with Crippen molar-refractivity contribution in [1.29, 1.82) is 0 Å². The molecule has 2 aromatic heterocycles. The van der Waals surface area contributed by atoms with Gasteiger partial charge in [0.25, 0.3) is 0 Å². The Hall–Kier alpha value is -2.69. The van der Waals surface area contributed by atoms with Crippen LogP contribution < -0.4 is 0 Å². The first kappa shape index (κ1) is 15.8. The van der Waals surface area contributed by atoms with Crippen molar-refractivity contribution in [1.82, 2.24) is 19.4 Å². The van der Waals surface area contributed by atoms with Gasteiger partial charge in [-0.15, -0.1) is 0 Å². The third-order valence-corrected chi connectivity index (χ3v) is 4.99. The fourth-order valence-corrected chi connectivity index (χ4v) is 3.73. The largest absolute Gasteiger partial charge is 0.333 e. The van der Waals surface area contributed by atoms with Gasteiger partial charge in [0.05, 0.1) is 22.8 Å². The lowest BCUT2D eigenvalue weighted by Gasteiger charge is -2.35. The number of para-hydroxylation sites is 2. The van der Waals surface area contributed by atoms with Crippen LogP contribution in [0.1, 0.15) is 36.8 Å². The van der Waals surface area contributed by atoms with Gasteiger partial charge >= 0.3 is 0 Å². The zero-order chi connectivity index (χ0) is 17.2.